The van der Waals surface area contributed by atoms with Gasteiger partial charge in [-0.1, -0.05) is 19.9 Å². The largest absolute Gasteiger partial charge is 0.497 e. The van der Waals surface area contributed by atoms with E-state index in [2.05, 4.69) is 48.8 Å². The van der Waals surface area contributed by atoms with Crippen molar-refractivity contribution in [3.63, 3.8) is 0 Å². The Morgan fingerprint density at radius 1 is 1.33 bits per heavy atom. The van der Waals surface area contributed by atoms with Gasteiger partial charge in [-0.2, -0.15) is 0 Å². The zero-order valence-corrected chi connectivity index (χ0v) is 13.7. The number of ether oxygens (including phenoxy) is 1. The number of piperazine rings is 1. The lowest BCUT2D eigenvalue weighted by Gasteiger charge is -2.42. The molecule has 0 unspecified atom stereocenters. The molecule has 2 N–H and O–H groups in total. The summed E-state index contributed by atoms with van der Waals surface area (Å²) in [4.78, 5) is 4.95. The highest BCUT2D eigenvalue weighted by Crippen LogP contribution is 2.24. The van der Waals surface area contributed by atoms with Crippen LogP contribution in [0.15, 0.2) is 24.3 Å². The molecule has 118 valence electrons. The minimum atomic E-state index is 0.264. The fourth-order valence-corrected chi connectivity index (χ4v) is 2.88. The summed E-state index contributed by atoms with van der Waals surface area (Å²) in [5.41, 5.74) is 7.45. The molecule has 0 bridgehead atoms. The maximum absolute atomic E-state index is 6.20. The molecule has 0 spiro atoms. The van der Waals surface area contributed by atoms with Gasteiger partial charge in [0, 0.05) is 50.0 Å². The lowest BCUT2D eigenvalue weighted by Crippen LogP contribution is -2.55. The van der Waals surface area contributed by atoms with Gasteiger partial charge in [0.25, 0.3) is 0 Å². The summed E-state index contributed by atoms with van der Waals surface area (Å²) in [7, 11) is 1.72. The Labute approximate surface area is 128 Å². The van der Waals surface area contributed by atoms with Crippen molar-refractivity contribution >= 4 is 5.69 Å². The van der Waals surface area contributed by atoms with Gasteiger partial charge in [-0.25, -0.2) is 0 Å². The first kappa shape index (κ1) is 16.1. The number of rotatable bonds is 5. The molecule has 1 heterocycles. The number of hydrogen-bond donors (Lipinski definition) is 1. The van der Waals surface area contributed by atoms with E-state index in [1.54, 1.807) is 7.11 Å². The molecule has 1 aromatic carbocycles. The average Bonchev–Trinajstić information content (AvgIpc) is 2.47. The zero-order valence-electron chi connectivity index (χ0n) is 13.7. The third kappa shape index (κ3) is 4.11. The van der Waals surface area contributed by atoms with Gasteiger partial charge in [0.1, 0.15) is 5.75 Å². The second-order valence-electron chi connectivity index (χ2n) is 6.41. The van der Waals surface area contributed by atoms with Crippen molar-refractivity contribution in [2.75, 3.05) is 38.2 Å². The number of methoxy groups -OCH3 is 1. The number of nitrogens with two attached hydrogens (primary N) is 1. The van der Waals surface area contributed by atoms with E-state index < -0.39 is 0 Å². The predicted octanol–water partition coefficient (Wildman–Crippen LogP) is 2.19. The van der Waals surface area contributed by atoms with Crippen LogP contribution in [0.3, 0.4) is 0 Å². The molecule has 1 saturated heterocycles. The van der Waals surface area contributed by atoms with Gasteiger partial charge in [0.05, 0.1) is 7.11 Å². The van der Waals surface area contributed by atoms with Crippen LogP contribution in [0, 0.1) is 5.92 Å². The number of anilines is 1. The van der Waals surface area contributed by atoms with Crippen molar-refractivity contribution in [1.82, 2.24) is 4.90 Å². The maximum atomic E-state index is 6.20. The Bertz CT molecular complexity index is 449. The lowest BCUT2D eigenvalue weighted by molar-refractivity contribution is 0.203. The van der Waals surface area contributed by atoms with Crippen LogP contribution in [0.4, 0.5) is 5.69 Å². The van der Waals surface area contributed by atoms with E-state index in [-0.39, 0.29) is 6.04 Å². The van der Waals surface area contributed by atoms with Crippen LogP contribution in [0.25, 0.3) is 0 Å². The van der Waals surface area contributed by atoms with Gasteiger partial charge in [-0.3, -0.25) is 4.90 Å². The molecule has 1 aliphatic heterocycles. The molecule has 21 heavy (non-hydrogen) atoms. The van der Waals surface area contributed by atoms with E-state index in [1.165, 1.54) is 5.69 Å². The average molecular weight is 291 g/mol. The van der Waals surface area contributed by atoms with Gasteiger partial charge in [0.2, 0.25) is 0 Å². The molecule has 2 rings (SSSR count). The number of hydrogen-bond acceptors (Lipinski definition) is 4. The van der Waals surface area contributed by atoms with Crippen LogP contribution in [0.1, 0.15) is 20.8 Å². The molecule has 0 radical (unpaired) electrons. The molecule has 2 atom stereocenters. The molecule has 0 saturated carbocycles. The van der Waals surface area contributed by atoms with Crippen LogP contribution in [0.5, 0.6) is 5.75 Å². The van der Waals surface area contributed by atoms with E-state index >= 15 is 0 Å². The Hall–Kier alpha value is -1.26. The molecular weight excluding hydrogens is 262 g/mol. The van der Waals surface area contributed by atoms with E-state index in [4.69, 9.17) is 10.5 Å². The fraction of sp³-hybridized carbons (Fsp3) is 0.647. The van der Waals surface area contributed by atoms with Crippen LogP contribution in [-0.4, -0.2) is 50.3 Å². The topological polar surface area (TPSA) is 41.7 Å². The summed E-state index contributed by atoms with van der Waals surface area (Å²) in [6.07, 6.45) is 0. The summed E-state index contributed by atoms with van der Waals surface area (Å²) in [5, 5.41) is 0. The van der Waals surface area contributed by atoms with Gasteiger partial charge in [-0.15, -0.1) is 0 Å². The van der Waals surface area contributed by atoms with Crippen molar-refractivity contribution in [1.29, 1.82) is 0 Å². The molecule has 0 amide bonds. The fourth-order valence-electron chi connectivity index (χ4n) is 2.88. The Morgan fingerprint density at radius 3 is 2.71 bits per heavy atom. The van der Waals surface area contributed by atoms with Crippen molar-refractivity contribution < 1.29 is 4.74 Å². The monoisotopic (exact) mass is 291 g/mol. The molecule has 1 fully saturated rings. The van der Waals surface area contributed by atoms with Crippen LogP contribution >= 0.6 is 0 Å². The first-order valence-corrected chi connectivity index (χ1v) is 7.90. The van der Waals surface area contributed by atoms with E-state index in [0.29, 0.717) is 12.0 Å². The molecular formula is C17H29N3O. The summed E-state index contributed by atoms with van der Waals surface area (Å²) < 4.78 is 5.33. The van der Waals surface area contributed by atoms with Gasteiger partial charge < -0.3 is 15.4 Å². The van der Waals surface area contributed by atoms with E-state index in [1.807, 2.05) is 6.07 Å². The molecule has 4 nitrogen and oxygen atoms in total. The smallest absolute Gasteiger partial charge is 0.120 e. The van der Waals surface area contributed by atoms with Crippen molar-refractivity contribution in [2.45, 2.75) is 32.9 Å². The second-order valence-corrected chi connectivity index (χ2v) is 6.41. The van der Waals surface area contributed by atoms with E-state index in [0.717, 1.165) is 31.9 Å². The van der Waals surface area contributed by atoms with Gasteiger partial charge >= 0.3 is 0 Å². The Kier molecular flexibility index (Phi) is 5.48. The van der Waals surface area contributed by atoms with E-state index in [9.17, 15) is 0 Å². The first-order chi connectivity index (χ1) is 10.0. The molecule has 1 aliphatic rings. The molecule has 4 heteroatoms. The minimum Gasteiger partial charge on any atom is -0.497 e. The summed E-state index contributed by atoms with van der Waals surface area (Å²) in [6.45, 7) is 10.8. The first-order valence-electron chi connectivity index (χ1n) is 7.90. The zero-order chi connectivity index (χ0) is 15.4. The third-order valence-electron chi connectivity index (χ3n) is 4.42. The van der Waals surface area contributed by atoms with Crippen LogP contribution in [0.2, 0.25) is 0 Å². The minimum absolute atomic E-state index is 0.264. The summed E-state index contributed by atoms with van der Waals surface area (Å²) in [6, 6.07) is 9.08. The number of nitrogens with zero attached hydrogens (tertiary/aromatic N) is 2. The molecule has 0 aromatic heterocycles. The maximum Gasteiger partial charge on any atom is 0.120 e. The lowest BCUT2D eigenvalue weighted by atomic mass is 10.0. The van der Waals surface area contributed by atoms with Crippen molar-refractivity contribution in [3.8, 4) is 5.75 Å². The number of benzene rings is 1. The van der Waals surface area contributed by atoms with Crippen molar-refractivity contribution in [2.24, 2.45) is 11.7 Å². The van der Waals surface area contributed by atoms with Gasteiger partial charge in [-0.05, 0) is 25.0 Å². The molecule has 0 aliphatic carbocycles. The highest BCUT2D eigenvalue weighted by Gasteiger charge is 2.25. The standard InChI is InChI=1S/C17H29N3O/c1-13(2)17(18)12-19-8-9-20(14(3)11-19)15-6-5-7-16(10-15)21-4/h5-7,10,13-14,17H,8-9,11-12,18H2,1-4H3/t14-,17-/m1/s1. The normalized spacial score (nSPS) is 21.6. The van der Waals surface area contributed by atoms with Crippen LogP contribution < -0.4 is 15.4 Å². The molecule has 1 aromatic rings. The summed E-state index contributed by atoms with van der Waals surface area (Å²) >= 11 is 0. The summed E-state index contributed by atoms with van der Waals surface area (Å²) in [5.74, 6) is 1.46. The SMILES string of the molecule is COc1cccc(N2CCN(C[C@@H](N)C(C)C)C[C@H]2C)c1. The Morgan fingerprint density at radius 2 is 2.10 bits per heavy atom. The highest BCUT2D eigenvalue weighted by molar-refractivity contribution is 5.52. The predicted molar refractivity (Wildman–Crippen MR) is 89.1 cm³/mol. The van der Waals surface area contributed by atoms with Crippen LogP contribution in [-0.2, 0) is 0 Å². The second kappa shape index (κ2) is 7.14. The van der Waals surface area contributed by atoms with Gasteiger partial charge in [0.15, 0.2) is 0 Å². The quantitative estimate of drug-likeness (QED) is 0.903. The highest BCUT2D eigenvalue weighted by atomic mass is 16.5. The van der Waals surface area contributed by atoms with Crippen molar-refractivity contribution in [3.05, 3.63) is 24.3 Å². The Balaban J connectivity index is 1.97. The third-order valence-corrected chi connectivity index (χ3v) is 4.42.